The lowest BCUT2D eigenvalue weighted by molar-refractivity contribution is -0.932. The molecule has 0 unspecified atom stereocenters. The van der Waals surface area contributed by atoms with E-state index >= 15 is 0 Å². The Balaban J connectivity index is 1.40. The van der Waals surface area contributed by atoms with Crippen molar-refractivity contribution in [3.8, 4) is 0 Å². The summed E-state index contributed by atoms with van der Waals surface area (Å²) >= 11 is 1.44. The lowest BCUT2D eigenvalue weighted by Gasteiger charge is -2.37. The Morgan fingerprint density at radius 3 is 2.61 bits per heavy atom. The van der Waals surface area contributed by atoms with Crippen LogP contribution in [0.25, 0.3) is 0 Å². The molecule has 5 nitrogen and oxygen atoms in total. The zero-order valence-electron chi connectivity index (χ0n) is 15.4. The van der Waals surface area contributed by atoms with Crippen LogP contribution in [0.4, 0.5) is 10.1 Å². The highest BCUT2D eigenvalue weighted by Crippen LogP contribution is 2.16. The van der Waals surface area contributed by atoms with Crippen molar-refractivity contribution in [3.05, 3.63) is 76.6 Å². The fourth-order valence-electron chi connectivity index (χ4n) is 3.68. The van der Waals surface area contributed by atoms with Gasteiger partial charge in [0.1, 0.15) is 5.82 Å². The topological polar surface area (TPSA) is 49.9 Å². The molecule has 1 atom stereocenters. The molecule has 0 saturated carbocycles. The number of carbonyl (C=O) groups is 1. The van der Waals surface area contributed by atoms with E-state index in [2.05, 4.69) is 10.2 Å². The number of carbonyl (C=O) groups excluding carboxylic acids is 1. The lowest BCUT2D eigenvalue weighted by atomic mass is 10.1. The molecule has 28 heavy (non-hydrogen) atoms. The van der Waals surface area contributed by atoms with E-state index in [0.29, 0.717) is 11.4 Å². The summed E-state index contributed by atoms with van der Waals surface area (Å²) < 4.78 is 18.8. The van der Waals surface area contributed by atoms with Gasteiger partial charge in [0.15, 0.2) is 11.8 Å². The number of halogens is 1. The number of quaternary nitrogens is 1. The van der Waals surface area contributed by atoms with Crippen LogP contribution in [0.1, 0.15) is 21.5 Å². The molecule has 146 valence electrons. The average Bonchev–Trinajstić information content (AvgIpc) is 3.44. The van der Waals surface area contributed by atoms with Crippen LogP contribution < -0.4 is 15.1 Å². The zero-order valence-corrected chi connectivity index (χ0v) is 16.3. The summed E-state index contributed by atoms with van der Waals surface area (Å²) in [5.41, 5.74) is 1.04. The van der Waals surface area contributed by atoms with Crippen LogP contribution in [-0.4, -0.2) is 38.6 Å². The van der Waals surface area contributed by atoms with Gasteiger partial charge in [0, 0.05) is 5.69 Å². The number of hydrogen-bond acceptors (Lipinski definition) is 4. The predicted octanol–water partition coefficient (Wildman–Crippen LogP) is 2.36. The van der Waals surface area contributed by atoms with E-state index in [-0.39, 0.29) is 17.8 Å². The van der Waals surface area contributed by atoms with Crippen molar-refractivity contribution in [2.45, 2.75) is 6.04 Å². The molecule has 0 spiro atoms. The van der Waals surface area contributed by atoms with Gasteiger partial charge < -0.3 is 19.5 Å². The standard InChI is InChI=1S/C21H22FN3O2S/c22-16-5-7-17(8-6-16)24-9-11-25(12-10-24)18(19-3-1-13-27-19)15-23-21(26)20-4-2-14-28-20/h1-8,13-14,18H,9-12,15H2,(H,23,26)/p+1/t18-/m1/s1. The number of nitrogens with one attached hydrogen (secondary N) is 2. The molecule has 4 rings (SSSR count). The highest BCUT2D eigenvalue weighted by atomic mass is 32.1. The van der Waals surface area contributed by atoms with Crippen molar-refractivity contribution in [2.75, 3.05) is 37.6 Å². The highest BCUT2D eigenvalue weighted by molar-refractivity contribution is 7.12. The van der Waals surface area contributed by atoms with Gasteiger partial charge in [-0.3, -0.25) is 4.79 Å². The normalized spacial score (nSPS) is 16.1. The van der Waals surface area contributed by atoms with Crippen molar-refractivity contribution in [3.63, 3.8) is 0 Å². The Morgan fingerprint density at radius 2 is 1.96 bits per heavy atom. The summed E-state index contributed by atoms with van der Waals surface area (Å²) in [5, 5.41) is 4.96. The Morgan fingerprint density at radius 1 is 1.18 bits per heavy atom. The summed E-state index contributed by atoms with van der Waals surface area (Å²) in [6.07, 6.45) is 1.68. The maximum atomic E-state index is 13.2. The van der Waals surface area contributed by atoms with Crippen molar-refractivity contribution in [2.24, 2.45) is 0 Å². The number of hydrogen-bond donors (Lipinski definition) is 2. The number of rotatable bonds is 6. The van der Waals surface area contributed by atoms with Gasteiger partial charge in [-0.2, -0.15) is 0 Å². The first-order chi connectivity index (χ1) is 13.7. The summed E-state index contributed by atoms with van der Waals surface area (Å²) in [5.74, 6) is 0.625. The van der Waals surface area contributed by atoms with Crippen LogP contribution in [0.15, 0.2) is 64.6 Å². The summed E-state index contributed by atoms with van der Waals surface area (Å²) in [6, 6.07) is 14.3. The smallest absolute Gasteiger partial charge is 0.261 e. The van der Waals surface area contributed by atoms with Gasteiger partial charge in [0.05, 0.1) is 43.9 Å². The van der Waals surface area contributed by atoms with E-state index in [9.17, 15) is 9.18 Å². The monoisotopic (exact) mass is 400 g/mol. The predicted molar refractivity (Wildman–Crippen MR) is 107 cm³/mol. The van der Waals surface area contributed by atoms with Crippen LogP contribution in [0, 0.1) is 5.82 Å². The molecule has 1 aliphatic rings. The van der Waals surface area contributed by atoms with Gasteiger partial charge in [0.25, 0.3) is 5.91 Å². The second kappa shape index (κ2) is 8.58. The molecule has 7 heteroatoms. The molecule has 0 radical (unpaired) electrons. The Bertz CT molecular complexity index is 873. The first-order valence-electron chi connectivity index (χ1n) is 9.41. The molecule has 3 heterocycles. The van der Waals surface area contributed by atoms with E-state index in [0.717, 1.165) is 37.6 Å². The number of benzene rings is 1. The van der Waals surface area contributed by atoms with Crippen LogP contribution in [0.3, 0.4) is 0 Å². The third-order valence-corrected chi connectivity index (χ3v) is 6.06. The molecular weight excluding hydrogens is 377 g/mol. The second-order valence-corrected chi connectivity index (χ2v) is 7.82. The zero-order chi connectivity index (χ0) is 19.3. The molecule has 2 aromatic heterocycles. The summed E-state index contributed by atoms with van der Waals surface area (Å²) in [6.45, 7) is 4.10. The molecule has 3 aromatic rings. The maximum Gasteiger partial charge on any atom is 0.261 e. The fourth-order valence-corrected chi connectivity index (χ4v) is 4.32. The van der Waals surface area contributed by atoms with Gasteiger partial charge in [-0.25, -0.2) is 4.39 Å². The van der Waals surface area contributed by atoms with Crippen LogP contribution in [0.5, 0.6) is 0 Å². The van der Waals surface area contributed by atoms with Crippen LogP contribution in [0.2, 0.25) is 0 Å². The van der Waals surface area contributed by atoms with Crippen molar-refractivity contribution in [1.29, 1.82) is 0 Å². The van der Waals surface area contributed by atoms with Crippen molar-refractivity contribution < 1.29 is 18.5 Å². The van der Waals surface area contributed by atoms with Crippen molar-refractivity contribution in [1.82, 2.24) is 5.32 Å². The van der Waals surface area contributed by atoms with E-state index in [1.54, 1.807) is 6.26 Å². The summed E-state index contributed by atoms with van der Waals surface area (Å²) in [7, 11) is 0. The van der Waals surface area contributed by atoms with Gasteiger partial charge in [-0.15, -0.1) is 11.3 Å². The number of furan rings is 1. The average molecular weight is 400 g/mol. The van der Waals surface area contributed by atoms with E-state index in [4.69, 9.17) is 4.42 Å². The molecule has 0 aliphatic carbocycles. The molecule has 1 saturated heterocycles. The number of amides is 1. The van der Waals surface area contributed by atoms with Crippen molar-refractivity contribution >= 4 is 22.9 Å². The second-order valence-electron chi connectivity index (χ2n) is 6.88. The number of anilines is 1. The van der Waals surface area contributed by atoms with E-state index < -0.39 is 0 Å². The maximum absolute atomic E-state index is 13.2. The van der Waals surface area contributed by atoms with Crippen LogP contribution >= 0.6 is 11.3 Å². The molecule has 0 bridgehead atoms. The molecule has 1 aliphatic heterocycles. The Kier molecular flexibility index (Phi) is 5.73. The quantitative estimate of drug-likeness (QED) is 0.668. The van der Waals surface area contributed by atoms with Crippen LogP contribution in [-0.2, 0) is 0 Å². The first kappa shape index (κ1) is 18.7. The third kappa shape index (κ3) is 4.26. The largest absolute Gasteiger partial charge is 0.463 e. The third-order valence-electron chi connectivity index (χ3n) is 5.19. The minimum absolute atomic E-state index is 0.0455. The Hall–Kier alpha value is -2.64. The lowest BCUT2D eigenvalue weighted by Crippen LogP contribution is -3.15. The number of piperazine rings is 1. The minimum Gasteiger partial charge on any atom is -0.463 e. The first-order valence-corrected chi connectivity index (χ1v) is 10.3. The molecule has 1 fully saturated rings. The number of nitrogens with zero attached hydrogens (tertiary/aromatic N) is 1. The highest BCUT2D eigenvalue weighted by Gasteiger charge is 2.31. The molecule has 1 amide bonds. The Labute approximate surface area is 167 Å². The van der Waals surface area contributed by atoms with E-state index in [1.807, 2.05) is 41.8 Å². The fraction of sp³-hybridized carbons (Fsp3) is 0.286. The van der Waals surface area contributed by atoms with E-state index in [1.165, 1.54) is 28.4 Å². The minimum atomic E-state index is -0.215. The SMILES string of the molecule is O=C(NC[C@H](c1ccco1)[NH+]1CCN(c2ccc(F)cc2)CC1)c1cccs1. The summed E-state index contributed by atoms with van der Waals surface area (Å²) in [4.78, 5) is 16.7. The van der Waals surface area contributed by atoms with Gasteiger partial charge in [0.2, 0.25) is 0 Å². The molecule has 2 N–H and O–H groups in total. The molecular formula is C21H23FN3O2S+. The van der Waals surface area contributed by atoms with Gasteiger partial charge in [-0.1, -0.05) is 6.07 Å². The van der Waals surface area contributed by atoms with Gasteiger partial charge in [-0.05, 0) is 47.8 Å². The molecule has 1 aromatic carbocycles. The number of thiophene rings is 1. The van der Waals surface area contributed by atoms with Gasteiger partial charge >= 0.3 is 0 Å².